The van der Waals surface area contributed by atoms with Gasteiger partial charge in [-0.25, -0.2) is 0 Å². The third kappa shape index (κ3) is 2.12. The zero-order chi connectivity index (χ0) is 10.7. The topological polar surface area (TPSA) is 53.1 Å². The summed E-state index contributed by atoms with van der Waals surface area (Å²) in [5, 5.41) is 9.21. The molecule has 3 nitrogen and oxygen atoms in total. The largest absolute Gasteiger partial charge is 0.391 e. The number of H-pyrrole nitrogens is 1. The van der Waals surface area contributed by atoms with Gasteiger partial charge in [-0.15, -0.1) is 0 Å². The molecule has 1 fully saturated rings. The van der Waals surface area contributed by atoms with E-state index in [0.29, 0.717) is 11.5 Å². The van der Waals surface area contributed by atoms with Gasteiger partial charge in [-0.1, -0.05) is 19.3 Å². The molecule has 2 N–H and O–H groups in total. The van der Waals surface area contributed by atoms with Crippen LogP contribution in [0.1, 0.15) is 49.1 Å². The highest BCUT2D eigenvalue weighted by atomic mass is 16.3. The number of hydrogen-bond donors (Lipinski definition) is 2. The van der Waals surface area contributed by atoms with Crippen molar-refractivity contribution in [1.82, 2.24) is 4.98 Å². The average molecular weight is 207 g/mol. The fourth-order valence-electron chi connectivity index (χ4n) is 2.49. The summed E-state index contributed by atoms with van der Waals surface area (Å²) in [6, 6.07) is 1.95. The summed E-state index contributed by atoms with van der Waals surface area (Å²) in [6.45, 7) is -0.151. The first kappa shape index (κ1) is 10.4. The Balaban J connectivity index is 2.33. The van der Waals surface area contributed by atoms with Crippen molar-refractivity contribution in [3.05, 3.63) is 33.7 Å². The highest BCUT2D eigenvalue weighted by Gasteiger charge is 2.19. The van der Waals surface area contributed by atoms with Crippen LogP contribution in [0.3, 0.4) is 0 Å². The number of aliphatic hydroxyl groups excluding tert-OH is 1. The Morgan fingerprint density at radius 3 is 2.73 bits per heavy atom. The number of nitrogens with one attached hydrogen (secondary N) is 1. The van der Waals surface area contributed by atoms with Crippen molar-refractivity contribution in [2.75, 3.05) is 0 Å². The van der Waals surface area contributed by atoms with Crippen LogP contribution in [0.15, 0.2) is 17.1 Å². The van der Waals surface area contributed by atoms with Crippen molar-refractivity contribution in [2.24, 2.45) is 0 Å². The summed E-state index contributed by atoms with van der Waals surface area (Å²) >= 11 is 0. The Hall–Kier alpha value is -1.09. The fraction of sp³-hybridized carbons (Fsp3) is 0.583. The zero-order valence-corrected chi connectivity index (χ0v) is 8.83. The molecule has 1 heterocycles. The predicted molar refractivity (Wildman–Crippen MR) is 58.8 cm³/mol. The maximum Gasteiger partial charge on any atom is 0.253 e. The van der Waals surface area contributed by atoms with Gasteiger partial charge >= 0.3 is 0 Å². The molecule has 15 heavy (non-hydrogen) atoms. The van der Waals surface area contributed by atoms with E-state index < -0.39 is 0 Å². The maximum absolute atomic E-state index is 11.5. The van der Waals surface area contributed by atoms with Gasteiger partial charge in [0, 0.05) is 11.8 Å². The monoisotopic (exact) mass is 207 g/mol. The van der Waals surface area contributed by atoms with Gasteiger partial charge in [0.1, 0.15) is 0 Å². The SMILES string of the molecule is O=c1[nH]ccc(C2CCCCC2)c1CO. The molecule has 0 aromatic carbocycles. The van der Waals surface area contributed by atoms with Gasteiger partial charge in [0.25, 0.3) is 5.56 Å². The number of aliphatic hydroxyl groups is 1. The number of hydrogen-bond acceptors (Lipinski definition) is 2. The molecule has 0 aliphatic heterocycles. The van der Waals surface area contributed by atoms with Crippen LogP contribution in [-0.2, 0) is 6.61 Å². The second kappa shape index (κ2) is 4.62. The molecule has 3 heteroatoms. The molecule has 0 radical (unpaired) electrons. The Labute approximate surface area is 89.2 Å². The lowest BCUT2D eigenvalue weighted by Crippen LogP contribution is -2.18. The second-order valence-corrected chi connectivity index (χ2v) is 4.23. The van der Waals surface area contributed by atoms with Crippen LogP contribution in [0.2, 0.25) is 0 Å². The molecule has 0 spiro atoms. The van der Waals surface area contributed by atoms with E-state index in [4.69, 9.17) is 0 Å². The molecule has 0 bridgehead atoms. The van der Waals surface area contributed by atoms with Crippen LogP contribution in [0, 0.1) is 0 Å². The molecule has 0 saturated heterocycles. The summed E-state index contributed by atoms with van der Waals surface area (Å²) in [6.07, 6.45) is 7.76. The van der Waals surface area contributed by atoms with E-state index in [1.807, 2.05) is 6.07 Å². The van der Waals surface area contributed by atoms with E-state index in [1.54, 1.807) is 6.20 Å². The van der Waals surface area contributed by atoms with Gasteiger partial charge in [0.05, 0.1) is 6.61 Å². The third-order valence-corrected chi connectivity index (χ3v) is 3.30. The lowest BCUT2D eigenvalue weighted by molar-refractivity contribution is 0.276. The van der Waals surface area contributed by atoms with Crippen molar-refractivity contribution >= 4 is 0 Å². The van der Waals surface area contributed by atoms with Crippen LogP contribution >= 0.6 is 0 Å². The molecular weight excluding hydrogens is 190 g/mol. The van der Waals surface area contributed by atoms with Gasteiger partial charge in [0.15, 0.2) is 0 Å². The second-order valence-electron chi connectivity index (χ2n) is 4.23. The standard InChI is InChI=1S/C12H17NO2/c14-8-11-10(6-7-13-12(11)15)9-4-2-1-3-5-9/h6-7,9,14H,1-5,8H2,(H,13,15). The summed E-state index contributed by atoms with van der Waals surface area (Å²) in [4.78, 5) is 14.1. The minimum atomic E-state index is -0.151. The molecule has 1 aliphatic carbocycles. The lowest BCUT2D eigenvalue weighted by atomic mass is 9.83. The van der Waals surface area contributed by atoms with Crippen LogP contribution in [-0.4, -0.2) is 10.1 Å². The lowest BCUT2D eigenvalue weighted by Gasteiger charge is -2.23. The Kier molecular flexibility index (Phi) is 3.21. The molecule has 0 unspecified atom stereocenters. The van der Waals surface area contributed by atoms with Crippen LogP contribution < -0.4 is 5.56 Å². The first-order valence-corrected chi connectivity index (χ1v) is 5.64. The van der Waals surface area contributed by atoms with Gasteiger partial charge in [-0.05, 0) is 30.4 Å². The quantitative estimate of drug-likeness (QED) is 0.778. The summed E-state index contributed by atoms with van der Waals surface area (Å²) in [7, 11) is 0. The minimum absolute atomic E-state index is 0.138. The van der Waals surface area contributed by atoms with Gasteiger partial charge in [-0.2, -0.15) is 0 Å². The number of aromatic nitrogens is 1. The molecule has 1 aromatic heterocycles. The van der Waals surface area contributed by atoms with Gasteiger partial charge < -0.3 is 10.1 Å². The maximum atomic E-state index is 11.5. The first-order chi connectivity index (χ1) is 7.33. The molecule has 82 valence electrons. The summed E-state index contributed by atoms with van der Waals surface area (Å²) in [5.41, 5.74) is 1.48. The molecule has 0 atom stereocenters. The van der Waals surface area contributed by atoms with Crippen molar-refractivity contribution < 1.29 is 5.11 Å². The van der Waals surface area contributed by atoms with E-state index in [2.05, 4.69) is 4.98 Å². The van der Waals surface area contributed by atoms with Crippen LogP contribution in [0.5, 0.6) is 0 Å². The van der Waals surface area contributed by atoms with Gasteiger partial charge in [-0.3, -0.25) is 4.79 Å². The van der Waals surface area contributed by atoms with Crippen molar-refractivity contribution in [1.29, 1.82) is 0 Å². The highest BCUT2D eigenvalue weighted by Crippen LogP contribution is 2.33. The van der Waals surface area contributed by atoms with E-state index in [0.717, 1.165) is 18.4 Å². The van der Waals surface area contributed by atoms with Crippen LogP contribution in [0.4, 0.5) is 0 Å². The molecular formula is C12H17NO2. The fourth-order valence-corrected chi connectivity index (χ4v) is 2.49. The minimum Gasteiger partial charge on any atom is -0.391 e. The van der Waals surface area contributed by atoms with Crippen molar-refractivity contribution in [3.63, 3.8) is 0 Å². The molecule has 0 amide bonds. The first-order valence-electron chi connectivity index (χ1n) is 5.64. The average Bonchev–Trinajstić information content (AvgIpc) is 2.30. The normalized spacial score (nSPS) is 17.9. The Morgan fingerprint density at radius 2 is 2.07 bits per heavy atom. The Morgan fingerprint density at radius 1 is 1.33 bits per heavy atom. The Bertz CT molecular complexity index is 377. The van der Waals surface area contributed by atoms with E-state index in [9.17, 15) is 9.90 Å². The van der Waals surface area contributed by atoms with E-state index in [-0.39, 0.29) is 12.2 Å². The van der Waals surface area contributed by atoms with Crippen molar-refractivity contribution in [3.8, 4) is 0 Å². The van der Waals surface area contributed by atoms with Crippen LogP contribution in [0.25, 0.3) is 0 Å². The number of aromatic amines is 1. The zero-order valence-electron chi connectivity index (χ0n) is 8.83. The third-order valence-electron chi connectivity index (χ3n) is 3.30. The number of pyridine rings is 1. The molecule has 1 aliphatic rings. The summed E-state index contributed by atoms with van der Waals surface area (Å²) < 4.78 is 0. The number of rotatable bonds is 2. The molecule has 1 aromatic rings. The predicted octanol–water partition coefficient (Wildman–Crippen LogP) is 1.91. The van der Waals surface area contributed by atoms with Gasteiger partial charge in [0.2, 0.25) is 0 Å². The van der Waals surface area contributed by atoms with E-state index in [1.165, 1.54) is 19.3 Å². The highest BCUT2D eigenvalue weighted by molar-refractivity contribution is 5.27. The molecule has 2 rings (SSSR count). The van der Waals surface area contributed by atoms with Crippen molar-refractivity contribution in [2.45, 2.75) is 44.6 Å². The molecule has 1 saturated carbocycles. The summed E-state index contributed by atoms with van der Waals surface area (Å²) in [5.74, 6) is 0.475. The smallest absolute Gasteiger partial charge is 0.253 e. The van der Waals surface area contributed by atoms with E-state index >= 15 is 0 Å².